The summed E-state index contributed by atoms with van der Waals surface area (Å²) in [6.07, 6.45) is -1.01. The molecule has 0 bridgehead atoms. The van der Waals surface area contributed by atoms with Crippen LogP contribution >= 0.6 is 30.1 Å². The van der Waals surface area contributed by atoms with Gasteiger partial charge in [0, 0.05) is 49.2 Å². The predicted molar refractivity (Wildman–Crippen MR) is 187 cm³/mol. The number of hydrogen-bond acceptors (Lipinski definition) is 9. The highest BCUT2D eigenvalue weighted by Gasteiger charge is 2.47. The number of carbonyl (C=O) groups is 1. The Labute approximate surface area is 282 Å². The van der Waals surface area contributed by atoms with E-state index in [2.05, 4.69) is 28.8 Å². The van der Waals surface area contributed by atoms with Crippen LogP contribution in [0.4, 0.5) is 4.39 Å². The number of nitrogens with one attached hydrogen (secondary N) is 2. The average molecular weight is 702 g/mol. The number of aromatic nitrogens is 2. The van der Waals surface area contributed by atoms with Crippen molar-refractivity contribution in [2.45, 2.75) is 122 Å². The van der Waals surface area contributed by atoms with Crippen molar-refractivity contribution in [3.63, 3.8) is 0 Å². The van der Waals surface area contributed by atoms with Gasteiger partial charge in [0.15, 0.2) is 12.4 Å². The molecule has 258 valence electrons. The third kappa shape index (κ3) is 12.1. The number of hydrogen-bond donors (Lipinski definition) is 2. The zero-order chi connectivity index (χ0) is 34.6. The third-order valence-corrected chi connectivity index (χ3v) is 12.8. The minimum absolute atomic E-state index is 0.0446. The molecule has 2 N–H and O–H groups in total. The second kappa shape index (κ2) is 18.7. The molecular formula is C32H50FN4O6PS2. The summed E-state index contributed by atoms with van der Waals surface area (Å²) in [7, 11) is 1.86. The number of rotatable bonds is 19. The van der Waals surface area contributed by atoms with E-state index in [1.165, 1.54) is 6.20 Å². The third-order valence-electron chi connectivity index (χ3n) is 7.25. The number of halogens is 1. The van der Waals surface area contributed by atoms with E-state index >= 15 is 4.39 Å². The smallest absolute Gasteiger partial charge is 0.330 e. The van der Waals surface area contributed by atoms with E-state index < -0.39 is 44.4 Å². The number of H-pyrrole nitrogens is 1. The van der Waals surface area contributed by atoms with Gasteiger partial charge in [0.25, 0.3) is 14.1 Å². The molecule has 46 heavy (non-hydrogen) atoms. The maximum atomic E-state index is 15.8. The molecule has 3 rings (SSSR count). The van der Waals surface area contributed by atoms with Crippen molar-refractivity contribution in [1.82, 2.24) is 19.5 Å². The molecule has 1 aliphatic heterocycles. The van der Waals surface area contributed by atoms with Gasteiger partial charge in [-0.25, -0.2) is 13.9 Å². The number of ether oxygens (including phenoxy) is 1. The SMILES string of the molecule is [2H]C[C@H]1O[C@@H](n2ccc(=O)[nH]c2=O)C(F)[C@H]1OP(OCCCCSSC(C)(C)CCC(=O)NCc1ccccc1)N(C(C)C)C(C)C. The first-order valence-corrected chi connectivity index (χ1v) is 19.2. The molecule has 2 heterocycles. The highest BCUT2D eigenvalue weighted by molar-refractivity contribution is 8.77. The number of unbranched alkanes of at least 4 members (excludes halogenated alkanes) is 1. The lowest BCUT2D eigenvalue weighted by Gasteiger charge is -2.37. The molecule has 1 saturated heterocycles. The Kier molecular flexibility index (Phi) is 15.1. The van der Waals surface area contributed by atoms with Gasteiger partial charge in [0.1, 0.15) is 6.10 Å². The second-order valence-electron chi connectivity index (χ2n) is 12.4. The normalized spacial score (nSPS) is 21.2. The summed E-state index contributed by atoms with van der Waals surface area (Å²) in [5, 5.41) is 2.99. The molecule has 1 fully saturated rings. The monoisotopic (exact) mass is 701 g/mol. The Morgan fingerprint density at radius 3 is 2.57 bits per heavy atom. The number of nitrogens with zero attached hydrogens (tertiary/aromatic N) is 2. The lowest BCUT2D eigenvalue weighted by atomic mass is 10.1. The highest BCUT2D eigenvalue weighted by Crippen LogP contribution is 2.50. The second-order valence-corrected chi connectivity index (χ2v) is 16.9. The van der Waals surface area contributed by atoms with Crippen LogP contribution in [0, 0.1) is 0 Å². The molecule has 1 aliphatic rings. The summed E-state index contributed by atoms with van der Waals surface area (Å²) in [5.74, 6) is 0.965. The molecule has 0 aliphatic carbocycles. The van der Waals surface area contributed by atoms with Gasteiger partial charge in [-0.05, 0) is 73.3 Å². The summed E-state index contributed by atoms with van der Waals surface area (Å²) >= 11 is 0. The number of amides is 1. The van der Waals surface area contributed by atoms with Crippen LogP contribution in [0.25, 0.3) is 0 Å². The maximum Gasteiger partial charge on any atom is 0.330 e. The summed E-state index contributed by atoms with van der Waals surface area (Å²) in [6.45, 7) is 13.1. The van der Waals surface area contributed by atoms with E-state index in [1.54, 1.807) is 21.6 Å². The predicted octanol–water partition coefficient (Wildman–Crippen LogP) is 6.58. The molecule has 14 heteroatoms. The molecule has 5 atom stereocenters. The topological polar surface area (TPSA) is 115 Å². The number of benzene rings is 1. The minimum atomic E-state index is -1.75. The van der Waals surface area contributed by atoms with Gasteiger partial charge < -0.3 is 19.1 Å². The molecular weight excluding hydrogens is 650 g/mol. The van der Waals surface area contributed by atoms with E-state index in [0.29, 0.717) is 19.6 Å². The molecule has 1 aromatic carbocycles. The minimum Gasteiger partial charge on any atom is -0.352 e. The standard InChI is InChI=1S/C32H50FN4O6PS2/c1-22(2)37(23(3)4)44(43-29-24(5)42-30(28(29)33)36-18-16-27(39)35-31(36)40)41-19-11-12-20-45-46-32(6,7)17-15-26(38)34-21-25-13-9-8-10-14-25/h8-10,13-14,16,18,22-24,28-30H,11-12,15,17,19-21H2,1-7H3,(H,34,38)(H,35,39,40)/t24-,28?,29+,30-,44?/m1/s1/i5D. The van der Waals surface area contributed by atoms with E-state index in [1.807, 2.05) is 58.0 Å². The zero-order valence-electron chi connectivity index (χ0n) is 28.6. The van der Waals surface area contributed by atoms with Crippen LogP contribution < -0.4 is 16.6 Å². The number of carbonyl (C=O) groups excluding carboxylic acids is 1. The van der Waals surface area contributed by atoms with Crippen molar-refractivity contribution >= 4 is 36.0 Å². The van der Waals surface area contributed by atoms with Crippen molar-refractivity contribution in [2.24, 2.45) is 0 Å². The van der Waals surface area contributed by atoms with Crippen molar-refractivity contribution in [2.75, 3.05) is 12.4 Å². The molecule has 0 saturated carbocycles. The first-order chi connectivity index (χ1) is 22.3. The van der Waals surface area contributed by atoms with Crippen molar-refractivity contribution in [1.29, 1.82) is 0 Å². The van der Waals surface area contributed by atoms with Crippen LogP contribution in [0.5, 0.6) is 0 Å². The Morgan fingerprint density at radius 1 is 1.20 bits per heavy atom. The average Bonchev–Trinajstić information content (AvgIpc) is 3.32. The molecule has 0 radical (unpaired) electrons. The maximum absolute atomic E-state index is 15.8. The molecule has 2 unspecified atom stereocenters. The van der Waals surface area contributed by atoms with Gasteiger partial charge >= 0.3 is 5.69 Å². The molecule has 2 aromatic rings. The van der Waals surface area contributed by atoms with Crippen LogP contribution in [0.2, 0.25) is 0 Å². The largest absolute Gasteiger partial charge is 0.352 e. The quantitative estimate of drug-likeness (QED) is 0.0953. The van der Waals surface area contributed by atoms with Crippen LogP contribution in [-0.4, -0.2) is 67.7 Å². The molecule has 1 amide bonds. The Bertz CT molecular complexity index is 1350. The van der Waals surface area contributed by atoms with Crippen molar-refractivity contribution in [3.8, 4) is 0 Å². The Hall–Kier alpha value is -1.73. The number of alkyl halides is 1. The van der Waals surface area contributed by atoms with Gasteiger partial charge in [-0.2, -0.15) is 0 Å². The molecule has 10 nitrogen and oxygen atoms in total. The van der Waals surface area contributed by atoms with Gasteiger partial charge in [0.2, 0.25) is 5.91 Å². The van der Waals surface area contributed by atoms with E-state index in [0.717, 1.165) is 41.2 Å². The number of aromatic amines is 1. The van der Waals surface area contributed by atoms with Crippen LogP contribution in [-0.2, 0) is 25.1 Å². The Balaban J connectivity index is 1.47. The first-order valence-electron chi connectivity index (χ1n) is 16.4. The molecule has 1 aromatic heterocycles. The summed E-state index contributed by atoms with van der Waals surface area (Å²) in [5.41, 5.74) is -0.298. The van der Waals surface area contributed by atoms with Crippen LogP contribution in [0.15, 0.2) is 52.2 Å². The van der Waals surface area contributed by atoms with Gasteiger partial charge in [0.05, 0.1) is 12.7 Å². The first kappa shape index (κ1) is 37.1. The fourth-order valence-electron chi connectivity index (χ4n) is 4.85. The summed E-state index contributed by atoms with van der Waals surface area (Å²) in [6, 6.07) is 11.1. The molecule has 0 spiro atoms. The summed E-state index contributed by atoms with van der Waals surface area (Å²) in [4.78, 5) is 38.3. The lowest BCUT2D eigenvalue weighted by Crippen LogP contribution is -2.38. The van der Waals surface area contributed by atoms with Crippen LogP contribution in [0.3, 0.4) is 0 Å². The fraction of sp³-hybridized carbons (Fsp3) is 0.656. The van der Waals surface area contributed by atoms with Crippen molar-refractivity contribution in [3.05, 3.63) is 69.0 Å². The Morgan fingerprint density at radius 2 is 1.91 bits per heavy atom. The van der Waals surface area contributed by atoms with E-state index in [-0.39, 0.29) is 29.6 Å². The highest BCUT2D eigenvalue weighted by atomic mass is 33.1. The zero-order valence-corrected chi connectivity index (χ0v) is 30.2. The van der Waals surface area contributed by atoms with Crippen LogP contribution in [0.1, 0.15) is 87.3 Å². The van der Waals surface area contributed by atoms with Gasteiger partial charge in [-0.3, -0.25) is 19.1 Å². The fourth-order valence-corrected chi connectivity index (χ4v) is 9.37. The van der Waals surface area contributed by atoms with Crippen molar-refractivity contribution < 1.29 is 24.3 Å². The van der Waals surface area contributed by atoms with Gasteiger partial charge in [-0.15, -0.1) is 0 Å². The van der Waals surface area contributed by atoms with E-state index in [4.69, 9.17) is 15.2 Å². The lowest BCUT2D eigenvalue weighted by molar-refractivity contribution is -0.121. The summed E-state index contributed by atoms with van der Waals surface area (Å²) < 4.78 is 45.2. The van der Waals surface area contributed by atoms with E-state index in [9.17, 15) is 14.4 Å². The van der Waals surface area contributed by atoms with Gasteiger partial charge in [-0.1, -0.05) is 51.9 Å².